The molecule has 2 rings (SSSR count). The molecule has 0 N–H and O–H groups in total. The molecule has 132 valence electrons. The number of para-hydroxylation sites is 1. The summed E-state index contributed by atoms with van der Waals surface area (Å²) < 4.78 is 6.86. The predicted molar refractivity (Wildman–Crippen MR) is 97.6 cm³/mol. The van der Waals surface area contributed by atoms with Crippen molar-refractivity contribution in [2.75, 3.05) is 27.2 Å². The molecular weight excluding hydrogens is 318 g/mol. The van der Waals surface area contributed by atoms with E-state index in [1.54, 1.807) is 0 Å². The molecule has 2 aromatic rings. The highest BCUT2D eigenvalue weighted by Gasteiger charge is 2.30. The molecule has 0 aliphatic heterocycles. The van der Waals surface area contributed by atoms with Gasteiger partial charge in [0.25, 0.3) is 0 Å². The van der Waals surface area contributed by atoms with E-state index < -0.39 is 0 Å². The highest BCUT2D eigenvalue weighted by atomic mass is 35.5. The fraction of sp³-hybridized carbons (Fsp3) is 0.429. The maximum atomic E-state index is 5.92. The summed E-state index contributed by atoms with van der Waals surface area (Å²) in [5, 5.41) is 0. The average Bonchev–Trinajstić information content (AvgIpc) is 2.54. The van der Waals surface area contributed by atoms with Gasteiger partial charge in [0.15, 0.2) is 0 Å². The number of nitrogens with zero attached hydrogens (tertiary/aromatic N) is 1. The average molecular weight is 348 g/mol. The van der Waals surface area contributed by atoms with Crippen LogP contribution in [-0.2, 0) is 0 Å². The normalized spacial score (nSPS) is 12.5. The molecule has 1 unspecified atom stereocenters. The van der Waals surface area contributed by atoms with E-state index in [0.717, 1.165) is 23.4 Å². The minimum Gasteiger partial charge on any atom is -1.00 e. The van der Waals surface area contributed by atoms with E-state index in [0.29, 0.717) is 12.0 Å². The fourth-order valence-corrected chi connectivity index (χ4v) is 3.02. The summed E-state index contributed by atoms with van der Waals surface area (Å²) in [4.78, 5) is 0. The molecule has 1 atom stereocenters. The van der Waals surface area contributed by atoms with Gasteiger partial charge in [0.05, 0.1) is 14.1 Å². The molecule has 0 fully saturated rings. The Morgan fingerprint density at radius 3 is 1.96 bits per heavy atom. The van der Waals surface area contributed by atoms with Crippen molar-refractivity contribution < 1.29 is 21.6 Å². The Kier molecular flexibility index (Phi) is 8.30. The number of quaternary nitrogens is 1. The highest BCUT2D eigenvalue weighted by molar-refractivity contribution is 5.21. The van der Waals surface area contributed by atoms with Gasteiger partial charge in [-0.3, -0.25) is 0 Å². The Morgan fingerprint density at radius 1 is 0.875 bits per heavy atom. The molecule has 0 amide bonds. The maximum Gasteiger partial charge on any atom is 0.137 e. The second kappa shape index (κ2) is 9.71. The van der Waals surface area contributed by atoms with E-state index in [9.17, 15) is 0 Å². The Labute approximate surface area is 153 Å². The van der Waals surface area contributed by atoms with Gasteiger partial charge in [0.1, 0.15) is 24.9 Å². The molecular formula is C21H30ClNO. The minimum absolute atomic E-state index is 0. The van der Waals surface area contributed by atoms with Crippen molar-refractivity contribution in [3.63, 3.8) is 0 Å². The molecule has 0 aromatic heterocycles. The fourth-order valence-electron chi connectivity index (χ4n) is 3.02. The van der Waals surface area contributed by atoms with E-state index in [1.807, 2.05) is 30.3 Å². The standard InChI is InChI=1S/C21H30NO.ClH/c1-18(2)17-21(19-11-7-5-8-12-19)22(3,4)15-16-23-20-13-9-6-10-14-20;/h5-14,18,21H,15-17H2,1-4H3;1H/q+1;/p-1. The quantitative estimate of drug-likeness (QED) is 0.663. The number of hydrogen-bond acceptors (Lipinski definition) is 1. The van der Waals surface area contributed by atoms with Crippen molar-refractivity contribution in [1.29, 1.82) is 0 Å². The third-order valence-corrected chi connectivity index (χ3v) is 4.40. The summed E-state index contributed by atoms with van der Waals surface area (Å²) in [6, 6.07) is 21.5. The van der Waals surface area contributed by atoms with Crippen LogP contribution in [0.3, 0.4) is 0 Å². The van der Waals surface area contributed by atoms with Gasteiger partial charge >= 0.3 is 0 Å². The van der Waals surface area contributed by atoms with Crippen molar-refractivity contribution in [2.45, 2.75) is 26.3 Å². The van der Waals surface area contributed by atoms with Crippen LogP contribution in [0.2, 0.25) is 0 Å². The Bertz CT molecular complexity index is 569. The zero-order valence-corrected chi connectivity index (χ0v) is 16.0. The van der Waals surface area contributed by atoms with Crippen LogP contribution in [0.5, 0.6) is 5.75 Å². The first-order chi connectivity index (χ1) is 11.0. The second-order valence-corrected chi connectivity index (χ2v) is 7.22. The lowest BCUT2D eigenvalue weighted by molar-refractivity contribution is -0.922. The molecule has 0 aliphatic rings. The van der Waals surface area contributed by atoms with Gasteiger partial charge in [-0.25, -0.2) is 0 Å². The summed E-state index contributed by atoms with van der Waals surface area (Å²) in [6.07, 6.45) is 1.18. The van der Waals surface area contributed by atoms with E-state index in [2.05, 4.69) is 58.3 Å². The van der Waals surface area contributed by atoms with Crippen molar-refractivity contribution >= 4 is 0 Å². The van der Waals surface area contributed by atoms with Crippen molar-refractivity contribution in [3.05, 3.63) is 66.2 Å². The smallest absolute Gasteiger partial charge is 0.137 e. The number of rotatable bonds is 8. The number of halogens is 1. The first kappa shape index (κ1) is 20.5. The Balaban J connectivity index is 0.00000288. The number of benzene rings is 2. The summed E-state index contributed by atoms with van der Waals surface area (Å²) >= 11 is 0. The second-order valence-electron chi connectivity index (χ2n) is 7.22. The third-order valence-electron chi connectivity index (χ3n) is 4.40. The molecule has 0 spiro atoms. The molecule has 2 aromatic carbocycles. The SMILES string of the molecule is CC(C)CC(c1ccccc1)[N+](C)(C)CCOc1ccccc1.[Cl-]. The van der Waals surface area contributed by atoms with Gasteiger partial charge in [-0.1, -0.05) is 62.4 Å². The zero-order chi connectivity index (χ0) is 16.7. The number of hydrogen-bond donors (Lipinski definition) is 0. The Hall–Kier alpha value is -1.51. The monoisotopic (exact) mass is 347 g/mol. The Morgan fingerprint density at radius 2 is 1.42 bits per heavy atom. The molecule has 3 heteroatoms. The van der Waals surface area contributed by atoms with Gasteiger partial charge in [-0.05, 0) is 18.1 Å². The largest absolute Gasteiger partial charge is 1.00 e. The first-order valence-corrected chi connectivity index (χ1v) is 8.54. The maximum absolute atomic E-state index is 5.92. The van der Waals surface area contributed by atoms with Crippen LogP contribution in [0.4, 0.5) is 0 Å². The molecule has 0 radical (unpaired) electrons. The predicted octanol–water partition coefficient (Wildman–Crippen LogP) is 1.93. The summed E-state index contributed by atoms with van der Waals surface area (Å²) in [5.74, 6) is 1.63. The minimum atomic E-state index is 0. The van der Waals surface area contributed by atoms with Gasteiger partial charge in [-0.2, -0.15) is 0 Å². The third kappa shape index (κ3) is 6.18. The van der Waals surface area contributed by atoms with E-state index in [-0.39, 0.29) is 12.4 Å². The van der Waals surface area contributed by atoms with Crippen LogP contribution >= 0.6 is 0 Å². The number of ether oxygens (including phenoxy) is 1. The summed E-state index contributed by atoms with van der Waals surface area (Å²) in [5.41, 5.74) is 1.42. The van der Waals surface area contributed by atoms with E-state index >= 15 is 0 Å². The topological polar surface area (TPSA) is 9.23 Å². The first-order valence-electron chi connectivity index (χ1n) is 8.54. The van der Waals surface area contributed by atoms with Gasteiger partial charge in [0.2, 0.25) is 0 Å². The molecule has 0 saturated carbocycles. The molecule has 0 bridgehead atoms. The molecule has 24 heavy (non-hydrogen) atoms. The van der Waals surface area contributed by atoms with Gasteiger partial charge in [-0.15, -0.1) is 0 Å². The molecule has 0 saturated heterocycles. The van der Waals surface area contributed by atoms with Crippen molar-refractivity contribution in [1.82, 2.24) is 0 Å². The van der Waals surface area contributed by atoms with Crippen molar-refractivity contribution in [2.24, 2.45) is 5.92 Å². The van der Waals surface area contributed by atoms with Crippen LogP contribution in [0.1, 0.15) is 31.9 Å². The van der Waals surface area contributed by atoms with Crippen LogP contribution in [0, 0.1) is 5.92 Å². The van der Waals surface area contributed by atoms with Crippen LogP contribution in [0.15, 0.2) is 60.7 Å². The molecule has 2 nitrogen and oxygen atoms in total. The zero-order valence-electron chi connectivity index (χ0n) is 15.3. The summed E-state index contributed by atoms with van der Waals surface area (Å²) in [6.45, 7) is 6.33. The van der Waals surface area contributed by atoms with E-state index in [4.69, 9.17) is 4.74 Å². The van der Waals surface area contributed by atoms with Crippen molar-refractivity contribution in [3.8, 4) is 5.75 Å². The van der Waals surface area contributed by atoms with E-state index in [1.165, 1.54) is 12.0 Å². The lowest BCUT2D eigenvalue weighted by Gasteiger charge is -2.39. The van der Waals surface area contributed by atoms with Gasteiger partial charge in [0, 0.05) is 12.0 Å². The van der Waals surface area contributed by atoms with Gasteiger partial charge < -0.3 is 21.6 Å². The summed E-state index contributed by atoms with van der Waals surface area (Å²) in [7, 11) is 4.63. The van der Waals surface area contributed by atoms with Crippen LogP contribution in [0.25, 0.3) is 0 Å². The van der Waals surface area contributed by atoms with Crippen LogP contribution < -0.4 is 17.1 Å². The number of likely N-dealkylation sites (N-methyl/N-ethyl adjacent to an activating group) is 1. The molecule has 0 heterocycles. The van der Waals surface area contributed by atoms with Crippen LogP contribution in [-0.4, -0.2) is 31.7 Å². The lowest BCUT2D eigenvalue weighted by atomic mass is 9.94. The highest BCUT2D eigenvalue weighted by Crippen LogP contribution is 2.31. The molecule has 0 aliphatic carbocycles. The lowest BCUT2D eigenvalue weighted by Crippen LogP contribution is -3.00.